The van der Waals surface area contributed by atoms with Crippen LogP contribution in [0.25, 0.3) is 0 Å². The molecule has 1 fully saturated rings. The Hall–Kier alpha value is -2.08. The van der Waals surface area contributed by atoms with Gasteiger partial charge in [0, 0.05) is 49.4 Å². The van der Waals surface area contributed by atoms with Crippen LogP contribution < -0.4 is 4.90 Å². The van der Waals surface area contributed by atoms with E-state index in [1.807, 2.05) is 13.0 Å². The molecular formula is C17H23N5O. The zero-order chi connectivity index (χ0) is 16.2. The van der Waals surface area contributed by atoms with Gasteiger partial charge in [0.1, 0.15) is 11.6 Å². The quantitative estimate of drug-likeness (QED) is 0.903. The van der Waals surface area contributed by atoms with E-state index in [0.29, 0.717) is 6.54 Å². The highest BCUT2D eigenvalue weighted by Gasteiger charge is 2.32. The summed E-state index contributed by atoms with van der Waals surface area (Å²) in [6, 6.07) is 2.05. The molecule has 0 amide bonds. The van der Waals surface area contributed by atoms with Gasteiger partial charge in [-0.05, 0) is 19.8 Å². The number of aryl methyl sites for hydroxylation is 2. The van der Waals surface area contributed by atoms with Crippen molar-refractivity contribution in [2.45, 2.75) is 39.2 Å². The molecule has 0 aliphatic carbocycles. The Labute approximate surface area is 136 Å². The molecule has 0 unspecified atom stereocenters. The molecule has 0 bridgehead atoms. The molecule has 0 radical (unpaired) electrons. The van der Waals surface area contributed by atoms with E-state index in [0.717, 1.165) is 48.8 Å². The Balaban J connectivity index is 1.73. The second-order valence-corrected chi connectivity index (χ2v) is 6.15. The first kappa shape index (κ1) is 15.8. The minimum atomic E-state index is -0.373. The minimum absolute atomic E-state index is 0.150. The third-order valence-electron chi connectivity index (χ3n) is 4.20. The topological polar surface area (TPSA) is 75.0 Å². The van der Waals surface area contributed by atoms with Gasteiger partial charge < -0.3 is 10.0 Å². The van der Waals surface area contributed by atoms with Gasteiger partial charge in [0.25, 0.3) is 0 Å². The van der Waals surface area contributed by atoms with Crippen LogP contribution in [0.3, 0.4) is 0 Å². The van der Waals surface area contributed by atoms with Gasteiger partial charge in [0.05, 0.1) is 11.8 Å². The number of nitrogens with zero attached hydrogens (tertiary/aromatic N) is 5. The number of anilines is 1. The van der Waals surface area contributed by atoms with Crippen LogP contribution in [0.1, 0.15) is 30.6 Å². The largest absolute Gasteiger partial charge is 0.391 e. The van der Waals surface area contributed by atoms with Gasteiger partial charge in [-0.1, -0.05) is 13.3 Å². The van der Waals surface area contributed by atoms with E-state index in [1.165, 1.54) is 0 Å². The zero-order valence-electron chi connectivity index (χ0n) is 13.7. The van der Waals surface area contributed by atoms with Gasteiger partial charge >= 0.3 is 0 Å². The fourth-order valence-corrected chi connectivity index (χ4v) is 3.10. The highest BCUT2D eigenvalue weighted by molar-refractivity contribution is 5.42. The highest BCUT2D eigenvalue weighted by Crippen LogP contribution is 2.25. The second-order valence-electron chi connectivity index (χ2n) is 6.15. The molecule has 2 atom stereocenters. The summed E-state index contributed by atoms with van der Waals surface area (Å²) < 4.78 is 0. The lowest BCUT2D eigenvalue weighted by molar-refractivity contribution is 0.147. The van der Waals surface area contributed by atoms with Crippen molar-refractivity contribution in [3.8, 4) is 0 Å². The van der Waals surface area contributed by atoms with Gasteiger partial charge in [0.2, 0.25) is 0 Å². The molecule has 3 heterocycles. The summed E-state index contributed by atoms with van der Waals surface area (Å²) in [5.41, 5.74) is 1.99. The van der Waals surface area contributed by atoms with Gasteiger partial charge in [0.15, 0.2) is 0 Å². The standard InChI is InChI=1S/C17H23N5O/c1-3-4-14-8-17(21-12(2)20-14)22-10-13(16(23)11-22)7-15-9-18-5-6-19-15/h5-6,8-9,13,16,23H,3-4,7,10-11H2,1-2H3/t13-,16-/m1/s1. The molecule has 23 heavy (non-hydrogen) atoms. The average Bonchev–Trinajstić information content (AvgIpc) is 2.89. The van der Waals surface area contributed by atoms with Crippen LogP contribution in [0.5, 0.6) is 0 Å². The van der Waals surface area contributed by atoms with Crippen LogP contribution in [0.15, 0.2) is 24.7 Å². The summed E-state index contributed by atoms with van der Waals surface area (Å²) >= 11 is 0. The predicted octanol–water partition coefficient (Wildman–Crippen LogP) is 1.57. The lowest BCUT2D eigenvalue weighted by Gasteiger charge is -2.18. The number of hydrogen-bond acceptors (Lipinski definition) is 6. The monoisotopic (exact) mass is 313 g/mol. The molecule has 6 heteroatoms. The second kappa shape index (κ2) is 7.00. The molecule has 6 nitrogen and oxygen atoms in total. The molecule has 2 aromatic heterocycles. The van der Waals surface area contributed by atoms with Crippen molar-refractivity contribution in [2.24, 2.45) is 5.92 Å². The van der Waals surface area contributed by atoms with Crippen molar-refractivity contribution < 1.29 is 5.11 Å². The number of aliphatic hydroxyl groups is 1. The molecule has 1 aliphatic heterocycles. The van der Waals surface area contributed by atoms with Crippen molar-refractivity contribution >= 4 is 5.82 Å². The Morgan fingerprint density at radius 3 is 2.83 bits per heavy atom. The van der Waals surface area contributed by atoms with Crippen LogP contribution in [-0.2, 0) is 12.8 Å². The third kappa shape index (κ3) is 3.82. The van der Waals surface area contributed by atoms with Crippen LogP contribution in [0, 0.1) is 12.8 Å². The van der Waals surface area contributed by atoms with E-state index in [4.69, 9.17) is 0 Å². The summed E-state index contributed by atoms with van der Waals surface area (Å²) in [5, 5.41) is 10.4. The first-order valence-electron chi connectivity index (χ1n) is 8.18. The summed E-state index contributed by atoms with van der Waals surface area (Å²) in [6.45, 7) is 5.45. The molecule has 1 aliphatic rings. The van der Waals surface area contributed by atoms with E-state index in [1.54, 1.807) is 18.6 Å². The van der Waals surface area contributed by atoms with Crippen LogP contribution in [-0.4, -0.2) is 44.2 Å². The highest BCUT2D eigenvalue weighted by atomic mass is 16.3. The van der Waals surface area contributed by atoms with Crippen molar-refractivity contribution in [2.75, 3.05) is 18.0 Å². The molecule has 3 rings (SSSR count). The lowest BCUT2D eigenvalue weighted by Crippen LogP contribution is -2.23. The van der Waals surface area contributed by atoms with Crippen LogP contribution in [0.2, 0.25) is 0 Å². The van der Waals surface area contributed by atoms with E-state index < -0.39 is 0 Å². The van der Waals surface area contributed by atoms with Gasteiger partial charge in [-0.15, -0.1) is 0 Å². The smallest absolute Gasteiger partial charge is 0.132 e. The first-order chi connectivity index (χ1) is 11.2. The van der Waals surface area contributed by atoms with E-state index in [9.17, 15) is 5.11 Å². The molecule has 0 saturated carbocycles. The molecule has 0 spiro atoms. The SMILES string of the molecule is CCCc1cc(N2C[C@@H](Cc3cnccn3)[C@H](O)C2)nc(C)n1. The van der Waals surface area contributed by atoms with Crippen LogP contribution in [0.4, 0.5) is 5.82 Å². The Morgan fingerprint density at radius 1 is 1.22 bits per heavy atom. The number of hydrogen-bond donors (Lipinski definition) is 1. The summed E-state index contributed by atoms with van der Waals surface area (Å²) in [4.78, 5) is 19.6. The van der Waals surface area contributed by atoms with Crippen LogP contribution >= 0.6 is 0 Å². The predicted molar refractivity (Wildman–Crippen MR) is 88.2 cm³/mol. The van der Waals surface area contributed by atoms with Crippen molar-refractivity contribution in [3.63, 3.8) is 0 Å². The number of aliphatic hydroxyl groups excluding tert-OH is 1. The first-order valence-corrected chi connectivity index (χ1v) is 8.18. The number of aromatic nitrogens is 4. The lowest BCUT2D eigenvalue weighted by atomic mass is 10.0. The molecule has 122 valence electrons. The maximum absolute atomic E-state index is 10.4. The maximum Gasteiger partial charge on any atom is 0.132 e. The van der Waals surface area contributed by atoms with Gasteiger partial charge in [-0.3, -0.25) is 9.97 Å². The van der Waals surface area contributed by atoms with E-state index in [-0.39, 0.29) is 12.0 Å². The Kier molecular flexibility index (Phi) is 4.81. The van der Waals surface area contributed by atoms with Crippen molar-refractivity contribution in [1.82, 2.24) is 19.9 Å². The maximum atomic E-state index is 10.4. The van der Waals surface area contributed by atoms with Crippen molar-refractivity contribution in [1.29, 1.82) is 0 Å². The van der Waals surface area contributed by atoms with E-state index >= 15 is 0 Å². The Bertz CT molecular complexity index is 649. The fourth-order valence-electron chi connectivity index (χ4n) is 3.10. The van der Waals surface area contributed by atoms with Gasteiger partial charge in [-0.2, -0.15) is 0 Å². The van der Waals surface area contributed by atoms with E-state index in [2.05, 4.69) is 31.8 Å². The molecule has 2 aromatic rings. The summed E-state index contributed by atoms with van der Waals surface area (Å²) in [7, 11) is 0. The average molecular weight is 313 g/mol. The fraction of sp³-hybridized carbons (Fsp3) is 0.529. The zero-order valence-corrected chi connectivity index (χ0v) is 13.7. The minimum Gasteiger partial charge on any atom is -0.391 e. The number of rotatable bonds is 5. The summed E-state index contributed by atoms with van der Waals surface area (Å²) in [5.74, 6) is 1.86. The summed E-state index contributed by atoms with van der Waals surface area (Å²) in [6.07, 6.45) is 7.51. The molecule has 0 aromatic carbocycles. The normalized spacial score (nSPS) is 20.9. The molecule has 1 saturated heterocycles. The third-order valence-corrected chi connectivity index (χ3v) is 4.20. The molecular weight excluding hydrogens is 290 g/mol. The van der Waals surface area contributed by atoms with Gasteiger partial charge in [-0.25, -0.2) is 9.97 Å². The van der Waals surface area contributed by atoms with Crippen molar-refractivity contribution in [3.05, 3.63) is 41.9 Å². The molecule has 1 N–H and O–H groups in total. The number of β-amino-alcohol motifs (C(OH)–C–C–N with tert-alkyl or cyclic N) is 1. The Morgan fingerprint density at radius 2 is 2.09 bits per heavy atom.